The van der Waals surface area contributed by atoms with E-state index in [-0.39, 0.29) is 23.7 Å². The third kappa shape index (κ3) is 4.60. The van der Waals surface area contributed by atoms with E-state index >= 15 is 0 Å². The molecule has 1 fully saturated rings. The van der Waals surface area contributed by atoms with Gasteiger partial charge in [-0.25, -0.2) is 0 Å². The third-order valence-electron chi connectivity index (χ3n) is 4.69. The minimum absolute atomic E-state index is 0. The van der Waals surface area contributed by atoms with Gasteiger partial charge < -0.3 is 15.4 Å². The molecule has 7 heteroatoms. The highest BCUT2D eigenvalue weighted by molar-refractivity contribution is 5.99. The summed E-state index contributed by atoms with van der Waals surface area (Å²) in [7, 11) is 1.72. The number of aromatic nitrogens is 2. The lowest BCUT2D eigenvalue weighted by Crippen LogP contribution is -2.47. The number of halogens is 1. The Balaban J connectivity index is 0.00000225. The number of carbonyl (C=O) groups excluding carboxylic acids is 1. The smallest absolute Gasteiger partial charge is 0.255 e. The zero-order valence-electron chi connectivity index (χ0n) is 14.4. The van der Waals surface area contributed by atoms with Crippen molar-refractivity contribution in [3.8, 4) is 11.3 Å². The number of hydrogen-bond acceptors (Lipinski definition) is 4. The molecule has 1 aromatic carbocycles. The zero-order chi connectivity index (χ0) is 16.8. The topological polar surface area (TPSA) is 79.0 Å². The Kier molecular flexibility index (Phi) is 6.99. The van der Waals surface area contributed by atoms with E-state index < -0.39 is 0 Å². The molecule has 2 heterocycles. The fraction of sp³-hybridized carbons (Fsp3) is 0.444. The molecule has 0 unspecified atom stereocenters. The zero-order valence-corrected chi connectivity index (χ0v) is 15.2. The van der Waals surface area contributed by atoms with Crippen LogP contribution in [0.15, 0.2) is 36.5 Å². The average molecular weight is 365 g/mol. The predicted molar refractivity (Wildman–Crippen MR) is 100 cm³/mol. The number of ether oxygens (including phenoxy) is 1. The Hall–Kier alpha value is -1.89. The molecule has 0 atom stereocenters. The van der Waals surface area contributed by atoms with E-state index in [0.29, 0.717) is 18.7 Å². The summed E-state index contributed by atoms with van der Waals surface area (Å²) in [5.74, 6) is -0.100. The number of aromatic amines is 1. The van der Waals surface area contributed by atoms with Crippen LogP contribution >= 0.6 is 12.4 Å². The number of amides is 1. The molecule has 3 rings (SSSR count). The molecule has 0 aliphatic carbocycles. The van der Waals surface area contributed by atoms with Crippen LogP contribution in [0, 0.1) is 5.41 Å². The maximum Gasteiger partial charge on any atom is 0.255 e. The van der Waals surface area contributed by atoms with Crippen LogP contribution in [0.3, 0.4) is 0 Å². The number of methoxy groups -OCH3 is 1. The minimum atomic E-state index is -0.100. The molecule has 136 valence electrons. The van der Waals surface area contributed by atoms with Crippen molar-refractivity contribution in [1.29, 1.82) is 0 Å². The Morgan fingerprint density at radius 2 is 2.00 bits per heavy atom. The Morgan fingerprint density at radius 3 is 2.68 bits per heavy atom. The standard InChI is InChI=1S/C18H24N4O2.ClH/c1-24-13-18(7-9-19-10-8-18)12-20-17(23)15-11-21-22-16(15)14-5-3-2-4-6-14;/h2-6,11,19H,7-10,12-13H2,1H3,(H,20,23)(H,21,22);1H. The van der Waals surface area contributed by atoms with Gasteiger partial charge in [-0.1, -0.05) is 30.3 Å². The number of benzene rings is 1. The molecule has 1 aromatic heterocycles. The van der Waals surface area contributed by atoms with Gasteiger partial charge in [0.1, 0.15) is 0 Å². The van der Waals surface area contributed by atoms with E-state index in [1.54, 1.807) is 13.3 Å². The van der Waals surface area contributed by atoms with Crippen molar-refractivity contribution >= 4 is 18.3 Å². The van der Waals surface area contributed by atoms with Gasteiger partial charge in [0.15, 0.2) is 0 Å². The monoisotopic (exact) mass is 364 g/mol. The van der Waals surface area contributed by atoms with Crippen molar-refractivity contribution in [2.24, 2.45) is 5.41 Å². The number of nitrogens with zero attached hydrogens (tertiary/aromatic N) is 1. The van der Waals surface area contributed by atoms with Crippen LogP contribution in [-0.4, -0.2) is 49.5 Å². The quantitative estimate of drug-likeness (QED) is 0.734. The summed E-state index contributed by atoms with van der Waals surface area (Å²) in [5.41, 5.74) is 2.28. The summed E-state index contributed by atoms with van der Waals surface area (Å²) in [6.07, 6.45) is 3.58. The van der Waals surface area contributed by atoms with E-state index in [1.807, 2.05) is 30.3 Å². The van der Waals surface area contributed by atoms with Crippen LogP contribution in [0.2, 0.25) is 0 Å². The molecular weight excluding hydrogens is 340 g/mol. The van der Waals surface area contributed by atoms with Gasteiger partial charge in [-0.15, -0.1) is 12.4 Å². The molecule has 0 bridgehead atoms. The second kappa shape index (κ2) is 8.99. The van der Waals surface area contributed by atoms with Gasteiger partial charge in [0, 0.05) is 24.6 Å². The van der Waals surface area contributed by atoms with Crippen molar-refractivity contribution in [2.75, 3.05) is 33.4 Å². The first-order valence-corrected chi connectivity index (χ1v) is 8.31. The first-order valence-electron chi connectivity index (χ1n) is 8.31. The average Bonchev–Trinajstić information content (AvgIpc) is 3.11. The molecule has 0 spiro atoms. The van der Waals surface area contributed by atoms with Gasteiger partial charge in [0.05, 0.1) is 24.1 Å². The van der Waals surface area contributed by atoms with Crippen molar-refractivity contribution in [3.63, 3.8) is 0 Å². The minimum Gasteiger partial charge on any atom is -0.384 e. The molecule has 1 amide bonds. The lowest BCUT2D eigenvalue weighted by atomic mass is 9.79. The van der Waals surface area contributed by atoms with E-state index in [1.165, 1.54) is 0 Å². The van der Waals surface area contributed by atoms with E-state index in [0.717, 1.165) is 37.2 Å². The normalized spacial score (nSPS) is 16.0. The highest BCUT2D eigenvalue weighted by Crippen LogP contribution is 2.28. The second-order valence-electron chi connectivity index (χ2n) is 6.39. The molecule has 6 nitrogen and oxygen atoms in total. The molecular formula is C18H25ClN4O2. The van der Waals surface area contributed by atoms with Crippen LogP contribution in [-0.2, 0) is 4.74 Å². The van der Waals surface area contributed by atoms with Crippen molar-refractivity contribution in [2.45, 2.75) is 12.8 Å². The SMILES string of the molecule is COCC1(CNC(=O)c2cn[nH]c2-c2ccccc2)CCNCC1.Cl. The van der Waals surface area contributed by atoms with Crippen molar-refractivity contribution in [1.82, 2.24) is 20.8 Å². The number of piperidine rings is 1. The van der Waals surface area contributed by atoms with Gasteiger partial charge in [-0.05, 0) is 25.9 Å². The lowest BCUT2D eigenvalue weighted by molar-refractivity contribution is 0.0512. The summed E-state index contributed by atoms with van der Waals surface area (Å²) < 4.78 is 5.40. The van der Waals surface area contributed by atoms with Gasteiger partial charge in [0.2, 0.25) is 0 Å². The van der Waals surface area contributed by atoms with Crippen LogP contribution in [0.1, 0.15) is 23.2 Å². The summed E-state index contributed by atoms with van der Waals surface area (Å²) in [6, 6.07) is 9.76. The summed E-state index contributed by atoms with van der Waals surface area (Å²) >= 11 is 0. The largest absolute Gasteiger partial charge is 0.384 e. The first kappa shape index (κ1) is 19.4. The lowest BCUT2D eigenvalue weighted by Gasteiger charge is -2.37. The van der Waals surface area contributed by atoms with Crippen LogP contribution in [0.5, 0.6) is 0 Å². The molecule has 0 saturated carbocycles. The van der Waals surface area contributed by atoms with Crippen molar-refractivity contribution in [3.05, 3.63) is 42.1 Å². The number of carbonyl (C=O) groups is 1. The molecule has 1 saturated heterocycles. The van der Waals surface area contributed by atoms with E-state index in [4.69, 9.17) is 4.74 Å². The first-order chi connectivity index (χ1) is 11.7. The summed E-state index contributed by atoms with van der Waals surface area (Å²) in [6.45, 7) is 3.19. The van der Waals surface area contributed by atoms with E-state index in [2.05, 4.69) is 20.8 Å². The molecule has 0 radical (unpaired) electrons. The molecule has 1 aliphatic rings. The number of H-pyrrole nitrogens is 1. The number of hydrogen-bond donors (Lipinski definition) is 3. The number of rotatable bonds is 6. The highest BCUT2D eigenvalue weighted by atomic mass is 35.5. The predicted octanol–water partition coefficient (Wildman–Crippen LogP) is 2.24. The fourth-order valence-electron chi connectivity index (χ4n) is 3.28. The maximum atomic E-state index is 12.7. The van der Waals surface area contributed by atoms with Gasteiger partial charge >= 0.3 is 0 Å². The van der Waals surface area contributed by atoms with Crippen LogP contribution in [0.25, 0.3) is 11.3 Å². The van der Waals surface area contributed by atoms with Crippen LogP contribution in [0.4, 0.5) is 0 Å². The highest BCUT2D eigenvalue weighted by Gasteiger charge is 2.32. The van der Waals surface area contributed by atoms with Crippen molar-refractivity contribution < 1.29 is 9.53 Å². The fourth-order valence-corrected chi connectivity index (χ4v) is 3.28. The summed E-state index contributed by atoms with van der Waals surface area (Å²) in [5, 5.41) is 13.4. The van der Waals surface area contributed by atoms with Gasteiger partial charge in [0.25, 0.3) is 5.91 Å². The van der Waals surface area contributed by atoms with Gasteiger partial charge in [-0.3, -0.25) is 9.89 Å². The third-order valence-corrected chi connectivity index (χ3v) is 4.69. The molecule has 1 aliphatic heterocycles. The Bertz CT molecular complexity index is 663. The maximum absolute atomic E-state index is 12.7. The number of nitrogens with one attached hydrogen (secondary N) is 3. The van der Waals surface area contributed by atoms with Gasteiger partial charge in [-0.2, -0.15) is 5.10 Å². The summed E-state index contributed by atoms with van der Waals surface area (Å²) in [4.78, 5) is 12.7. The second-order valence-corrected chi connectivity index (χ2v) is 6.39. The Morgan fingerprint density at radius 1 is 1.28 bits per heavy atom. The molecule has 3 N–H and O–H groups in total. The van der Waals surface area contributed by atoms with E-state index in [9.17, 15) is 4.79 Å². The molecule has 2 aromatic rings. The van der Waals surface area contributed by atoms with Crippen LogP contribution < -0.4 is 10.6 Å². The Labute approximate surface area is 154 Å². The molecule has 25 heavy (non-hydrogen) atoms.